The summed E-state index contributed by atoms with van der Waals surface area (Å²) in [6, 6.07) is 1.58. The molecule has 126 valence electrons. The first-order valence-corrected chi connectivity index (χ1v) is 7.42. The molecule has 2 aromatic rings. The van der Waals surface area contributed by atoms with Gasteiger partial charge < -0.3 is 20.1 Å². The molecule has 0 radical (unpaired) electrons. The van der Waals surface area contributed by atoms with E-state index in [1.807, 2.05) is 4.98 Å². The minimum Gasteiger partial charge on any atom is -0.354 e. The normalized spacial score (nSPS) is 15.3. The van der Waals surface area contributed by atoms with Crippen molar-refractivity contribution in [2.24, 2.45) is 0 Å². The number of anilines is 2. The van der Waals surface area contributed by atoms with Crippen LogP contribution in [-0.2, 0) is 0 Å². The van der Waals surface area contributed by atoms with Gasteiger partial charge in [0, 0.05) is 38.4 Å². The van der Waals surface area contributed by atoms with Crippen LogP contribution in [0.25, 0.3) is 0 Å². The van der Waals surface area contributed by atoms with E-state index in [2.05, 4.69) is 37.1 Å². The van der Waals surface area contributed by atoms with Crippen LogP contribution in [0.2, 0.25) is 0 Å². The Balaban J connectivity index is 1.77. The molecular weight excluding hydrogens is 314 g/mol. The van der Waals surface area contributed by atoms with Gasteiger partial charge in [0.05, 0.1) is 0 Å². The lowest BCUT2D eigenvalue weighted by molar-refractivity contribution is 0.102. The van der Waals surface area contributed by atoms with E-state index in [4.69, 9.17) is 0 Å². The van der Waals surface area contributed by atoms with Crippen molar-refractivity contribution in [3.8, 4) is 0 Å². The van der Waals surface area contributed by atoms with E-state index in [9.17, 15) is 14.4 Å². The van der Waals surface area contributed by atoms with Crippen molar-refractivity contribution in [2.45, 2.75) is 0 Å². The van der Waals surface area contributed by atoms with E-state index in [0.29, 0.717) is 5.82 Å². The van der Waals surface area contributed by atoms with E-state index in [0.717, 1.165) is 32.4 Å². The fraction of sp³-hybridized carbons (Fsp3) is 0.357. The van der Waals surface area contributed by atoms with Gasteiger partial charge in [-0.05, 0) is 7.05 Å². The number of aromatic nitrogens is 4. The highest BCUT2D eigenvalue weighted by atomic mass is 16.2. The summed E-state index contributed by atoms with van der Waals surface area (Å²) in [5.41, 5.74) is -1.23. The van der Waals surface area contributed by atoms with Crippen molar-refractivity contribution >= 4 is 17.4 Å². The monoisotopic (exact) mass is 331 g/mol. The van der Waals surface area contributed by atoms with Crippen LogP contribution < -0.4 is 21.5 Å². The molecule has 0 bridgehead atoms. The van der Waals surface area contributed by atoms with Crippen LogP contribution >= 0.6 is 0 Å². The highest BCUT2D eigenvalue weighted by molar-refractivity contribution is 6.03. The first-order chi connectivity index (χ1) is 11.5. The molecule has 0 unspecified atom stereocenters. The van der Waals surface area contributed by atoms with Gasteiger partial charge in [-0.1, -0.05) is 0 Å². The fourth-order valence-electron chi connectivity index (χ4n) is 2.37. The number of rotatable bonds is 3. The number of likely N-dealkylation sites (N-methyl/N-ethyl adjacent to an activating group) is 1. The Morgan fingerprint density at radius 1 is 1.21 bits per heavy atom. The highest BCUT2D eigenvalue weighted by Gasteiger charge is 2.18. The second-order valence-electron chi connectivity index (χ2n) is 5.49. The van der Waals surface area contributed by atoms with Gasteiger partial charge in [-0.15, -0.1) is 0 Å². The molecule has 1 aliphatic heterocycles. The fourth-order valence-corrected chi connectivity index (χ4v) is 2.37. The van der Waals surface area contributed by atoms with E-state index in [1.54, 1.807) is 6.07 Å². The lowest BCUT2D eigenvalue weighted by Gasteiger charge is -2.33. The van der Waals surface area contributed by atoms with E-state index < -0.39 is 17.2 Å². The smallest absolute Gasteiger partial charge is 0.325 e. The van der Waals surface area contributed by atoms with Crippen molar-refractivity contribution in [1.29, 1.82) is 0 Å². The molecule has 3 heterocycles. The van der Waals surface area contributed by atoms with Crippen LogP contribution in [0.5, 0.6) is 0 Å². The SMILES string of the molecule is CN1CCN(c2cc(C(=O)Nc3c[nH]c(=O)[nH]c3=O)ncn2)CC1. The average Bonchev–Trinajstić information content (AvgIpc) is 2.58. The average molecular weight is 331 g/mol. The van der Waals surface area contributed by atoms with Crippen molar-refractivity contribution in [2.75, 3.05) is 43.4 Å². The Bertz CT molecular complexity index is 852. The van der Waals surface area contributed by atoms with Crippen molar-refractivity contribution < 1.29 is 4.79 Å². The number of carbonyl (C=O) groups excluding carboxylic acids is 1. The zero-order chi connectivity index (χ0) is 17.1. The number of hydrogen-bond donors (Lipinski definition) is 3. The largest absolute Gasteiger partial charge is 0.354 e. The minimum absolute atomic E-state index is 0.0561. The van der Waals surface area contributed by atoms with Crippen LogP contribution in [0, 0.1) is 0 Å². The van der Waals surface area contributed by atoms with E-state index in [-0.39, 0.29) is 11.4 Å². The molecule has 24 heavy (non-hydrogen) atoms. The number of aromatic amines is 2. The predicted molar refractivity (Wildman–Crippen MR) is 87.4 cm³/mol. The summed E-state index contributed by atoms with van der Waals surface area (Å²) in [4.78, 5) is 51.6. The topological polar surface area (TPSA) is 127 Å². The zero-order valence-electron chi connectivity index (χ0n) is 13.1. The van der Waals surface area contributed by atoms with Gasteiger partial charge in [-0.3, -0.25) is 14.6 Å². The Hall–Kier alpha value is -3.01. The maximum Gasteiger partial charge on any atom is 0.325 e. The molecule has 1 amide bonds. The zero-order valence-corrected chi connectivity index (χ0v) is 13.1. The first kappa shape index (κ1) is 15.9. The van der Waals surface area contributed by atoms with Crippen LogP contribution in [-0.4, -0.2) is 64.0 Å². The minimum atomic E-state index is -0.680. The summed E-state index contributed by atoms with van der Waals surface area (Å²) in [6.45, 7) is 3.46. The lowest BCUT2D eigenvalue weighted by atomic mass is 10.3. The van der Waals surface area contributed by atoms with Gasteiger partial charge in [0.25, 0.3) is 11.5 Å². The molecule has 0 atom stereocenters. The Kier molecular flexibility index (Phi) is 4.38. The van der Waals surface area contributed by atoms with Crippen LogP contribution in [0.4, 0.5) is 11.5 Å². The maximum absolute atomic E-state index is 12.3. The summed E-state index contributed by atoms with van der Waals surface area (Å²) >= 11 is 0. The van der Waals surface area contributed by atoms with Crippen molar-refractivity contribution in [3.63, 3.8) is 0 Å². The summed E-state index contributed by atoms with van der Waals surface area (Å²) in [7, 11) is 2.05. The van der Waals surface area contributed by atoms with Crippen LogP contribution in [0.1, 0.15) is 10.5 Å². The number of amides is 1. The third-order valence-electron chi connectivity index (χ3n) is 3.78. The molecule has 0 saturated carbocycles. The quantitative estimate of drug-likeness (QED) is 0.648. The maximum atomic E-state index is 12.3. The molecule has 0 aromatic carbocycles. The van der Waals surface area contributed by atoms with Gasteiger partial charge in [-0.25, -0.2) is 14.8 Å². The third-order valence-corrected chi connectivity index (χ3v) is 3.78. The number of nitrogens with zero attached hydrogens (tertiary/aromatic N) is 4. The van der Waals surface area contributed by atoms with Gasteiger partial charge in [-0.2, -0.15) is 0 Å². The number of nitrogens with one attached hydrogen (secondary N) is 3. The second kappa shape index (κ2) is 6.62. The molecule has 0 aliphatic carbocycles. The van der Waals surface area contributed by atoms with Crippen LogP contribution in [0.15, 0.2) is 28.2 Å². The van der Waals surface area contributed by atoms with E-state index >= 15 is 0 Å². The highest BCUT2D eigenvalue weighted by Crippen LogP contribution is 2.14. The summed E-state index contributed by atoms with van der Waals surface area (Å²) in [5.74, 6) is 0.115. The van der Waals surface area contributed by atoms with Crippen LogP contribution in [0.3, 0.4) is 0 Å². The Labute approximate surface area is 136 Å². The molecule has 1 aliphatic rings. The second-order valence-corrected chi connectivity index (χ2v) is 5.49. The summed E-state index contributed by atoms with van der Waals surface area (Å²) in [5, 5.41) is 2.42. The Morgan fingerprint density at radius 2 is 1.96 bits per heavy atom. The number of piperazine rings is 1. The van der Waals surface area contributed by atoms with E-state index in [1.165, 1.54) is 6.33 Å². The molecule has 3 rings (SSSR count). The lowest BCUT2D eigenvalue weighted by Crippen LogP contribution is -2.44. The third kappa shape index (κ3) is 3.49. The molecule has 2 aromatic heterocycles. The number of carbonyl (C=O) groups is 1. The molecule has 10 heteroatoms. The first-order valence-electron chi connectivity index (χ1n) is 7.42. The number of hydrogen-bond acceptors (Lipinski definition) is 7. The van der Waals surface area contributed by atoms with Gasteiger partial charge >= 0.3 is 5.69 Å². The predicted octanol–water partition coefficient (Wildman–Crippen LogP) is -1.14. The standard InChI is InChI=1S/C14H17N7O3/c1-20-2-4-21(5-3-20)11-6-9(16-8-17-11)12(22)18-10-7-15-14(24)19-13(10)23/h6-8H,2-5H2,1H3,(H,18,22)(H2,15,19,23,24). The summed E-state index contributed by atoms with van der Waals surface area (Å²) in [6.07, 6.45) is 2.46. The molecule has 10 nitrogen and oxygen atoms in total. The van der Waals surface area contributed by atoms with Gasteiger partial charge in [0.1, 0.15) is 23.5 Å². The van der Waals surface area contributed by atoms with Crippen molar-refractivity contribution in [1.82, 2.24) is 24.8 Å². The van der Waals surface area contributed by atoms with Gasteiger partial charge in [0.2, 0.25) is 0 Å². The molecule has 0 spiro atoms. The summed E-state index contributed by atoms with van der Waals surface area (Å²) < 4.78 is 0. The Morgan fingerprint density at radius 3 is 2.67 bits per heavy atom. The molecular formula is C14H17N7O3. The number of H-pyrrole nitrogens is 2. The molecule has 3 N–H and O–H groups in total. The van der Waals surface area contributed by atoms with Gasteiger partial charge in [0.15, 0.2) is 0 Å². The molecule has 1 fully saturated rings. The molecule has 1 saturated heterocycles. The van der Waals surface area contributed by atoms with Crippen molar-refractivity contribution in [3.05, 3.63) is 45.1 Å².